The van der Waals surface area contributed by atoms with Gasteiger partial charge in [0.15, 0.2) is 11.5 Å². The zero-order valence-electron chi connectivity index (χ0n) is 14.3. The van der Waals surface area contributed by atoms with Crippen molar-refractivity contribution in [2.24, 2.45) is 7.05 Å². The van der Waals surface area contributed by atoms with E-state index in [1.54, 1.807) is 11.7 Å². The van der Waals surface area contributed by atoms with E-state index in [-0.39, 0.29) is 11.9 Å². The number of ether oxygens (including phenoxy) is 2. The number of benzene rings is 1. The first kappa shape index (κ1) is 17.5. The number of carbonyl (C=O) groups is 1. The van der Waals surface area contributed by atoms with E-state index in [1.807, 2.05) is 25.1 Å². The number of nitrogens with zero attached hydrogens (tertiary/aromatic N) is 4. The number of carbonyl (C=O) groups excluding carboxylic acids is 1. The molecule has 25 heavy (non-hydrogen) atoms. The van der Waals surface area contributed by atoms with Crippen LogP contribution >= 0.6 is 11.8 Å². The standard InChI is InChI=1S/C16H21N5O3S/c1-3-12(11-4-5-13-14(10-11)24-8-7-23-13)17-15(22)6-9-25-16-18-19-20-21(16)2/h4-5,10,12H,3,6-9H2,1-2H3,(H,17,22). The average Bonchev–Trinajstić information content (AvgIpc) is 3.04. The van der Waals surface area contributed by atoms with Gasteiger partial charge in [-0.05, 0) is 34.5 Å². The van der Waals surface area contributed by atoms with Crippen LogP contribution in [0.3, 0.4) is 0 Å². The van der Waals surface area contributed by atoms with Crippen LogP contribution in [0.15, 0.2) is 23.4 Å². The highest BCUT2D eigenvalue weighted by atomic mass is 32.2. The molecule has 0 bridgehead atoms. The maximum Gasteiger partial charge on any atom is 0.221 e. The number of tetrazole rings is 1. The van der Waals surface area contributed by atoms with Gasteiger partial charge in [-0.3, -0.25) is 4.79 Å². The van der Waals surface area contributed by atoms with Crippen LogP contribution < -0.4 is 14.8 Å². The highest BCUT2D eigenvalue weighted by molar-refractivity contribution is 7.99. The number of aryl methyl sites for hydroxylation is 1. The molecular formula is C16H21N5O3S. The molecule has 3 rings (SSSR count). The lowest BCUT2D eigenvalue weighted by Crippen LogP contribution is -2.28. The largest absolute Gasteiger partial charge is 0.486 e. The molecule has 9 heteroatoms. The molecule has 1 N–H and O–H groups in total. The van der Waals surface area contributed by atoms with Gasteiger partial charge in [-0.1, -0.05) is 24.8 Å². The lowest BCUT2D eigenvalue weighted by Gasteiger charge is -2.22. The van der Waals surface area contributed by atoms with Crippen LogP contribution in [0, 0.1) is 0 Å². The molecule has 0 spiro atoms. The first-order valence-corrected chi connectivity index (χ1v) is 9.20. The molecule has 1 atom stereocenters. The molecule has 2 aromatic rings. The molecular weight excluding hydrogens is 342 g/mol. The lowest BCUT2D eigenvalue weighted by atomic mass is 10.0. The van der Waals surface area contributed by atoms with Gasteiger partial charge in [0, 0.05) is 19.2 Å². The molecule has 2 heterocycles. The minimum absolute atomic E-state index is 0.00404. The van der Waals surface area contributed by atoms with Crippen molar-refractivity contribution < 1.29 is 14.3 Å². The summed E-state index contributed by atoms with van der Waals surface area (Å²) < 4.78 is 12.7. The van der Waals surface area contributed by atoms with E-state index in [1.165, 1.54) is 11.8 Å². The van der Waals surface area contributed by atoms with E-state index in [9.17, 15) is 4.79 Å². The molecule has 1 aliphatic heterocycles. The molecule has 0 saturated heterocycles. The van der Waals surface area contributed by atoms with Gasteiger partial charge in [0.1, 0.15) is 13.2 Å². The van der Waals surface area contributed by atoms with Crippen molar-refractivity contribution in [2.75, 3.05) is 19.0 Å². The third-order valence-electron chi connectivity index (χ3n) is 3.85. The molecule has 1 amide bonds. The van der Waals surface area contributed by atoms with Crippen molar-refractivity contribution in [3.8, 4) is 11.5 Å². The van der Waals surface area contributed by atoms with E-state index < -0.39 is 0 Å². The summed E-state index contributed by atoms with van der Waals surface area (Å²) in [5, 5.41) is 15.0. The lowest BCUT2D eigenvalue weighted by molar-refractivity contribution is -0.121. The van der Waals surface area contributed by atoms with Crippen LogP contribution in [0.1, 0.15) is 31.4 Å². The van der Waals surface area contributed by atoms with Crippen molar-refractivity contribution in [1.82, 2.24) is 25.5 Å². The van der Waals surface area contributed by atoms with Crippen LogP contribution in [-0.4, -0.2) is 45.1 Å². The summed E-state index contributed by atoms with van der Waals surface area (Å²) in [5.41, 5.74) is 1.02. The predicted octanol–water partition coefficient (Wildman–Crippen LogP) is 1.73. The zero-order valence-corrected chi connectivity index (χ0v) is 15.1. The SMILES string of the molecule is CCC(NC(=O)CCSc1nnnn1C)c1ccc2c(c1)OCCO2. The number of fused-ring (bicyclic) bond motifs is 1. The molecule has 134 valence electrons. The molecule has 1 unspecified atom stereocenters. The predicted molar refractivity (Wildman–Crippen MR) is 92.7 cm³/mol. The topological polar surface area (TPSA) is 91.2 Å². The Kier molecular flexibility index (Phi) is 5.75. The third kappa shape index (κ3) is 4.41. The minimum atomic E-state index is -0.0511. The highest BCUT2D eigenvalue weighted by Crippen LogP contribution is 2.33. The molecule has 8 nitrogen and oxygen atoms in total. The number of amides is 1. The van der Waals surface area contributed by atoms with Crippen molar-refractivity contribution >= 4 is 17.7 Å². The summed E-state index contributed by atoms with van der Waals surface area (Å²) in [6, 6.07) is 5.77. The normalized spacial score (nSPS) is 14.2. The van der Waals surface area contributed by atoms with Gasteiger partial charge >= 0.3 is 0 Å². The molecule has 0 radical (unpaired) electrons. The van der Waals surface area contributed by atoms with Gasteiger partial charge in [-0.25, -0.2) is 4.68 Å². The van der Waals surface area contributed by atoms with E-state index in [0.29, 0.717) is 30.5 Å². The van der Waals surface area contributed by atoms with E-state index in [0.717, 1.165) is 23.5 Å². The second-order valence-corrected chi connectivity index (χ2v) is 6.68. The van der Waals surface area contributed by atoms with Crippen LogP contribution in [-0.2, 0) is 11.8 Å². The van der Waals surface area contributed by atoms with Crippen LogP contribution in [0.25, 0.3) is 0 Å². The number of hydrogen-bond donors (Lipinski definition) is 1. The second kappa shape index (κ2) is 8.19. The Morgan fingerprint density at radius 2 is 2.16 bits per heavy atom. The van der Waals surface area contributed by atoms with E-state index in [4.69, 9.17) is 9.47 Å². The Hall–Kier alpha value is -2.29. The summed E-state index contributed by atoms with van der Waals surface area (Å²) in [4.78, 5) is 12.2. The van der Waals surface area contributed by atoms with Gasteiger partial charge in [0.25, 0.3) is 0 Å². The Balaban J connectivity index is 1.54. The zero-order chi connectivity index (χ0) is 17.6. The van der Waals surface area contributed by atoms with E-state index in [2.05, 4.69) is 20.8 Å². The van der Waals surface area contributed by atoms with Gasteiger partial charge in [0.05, 0.1) is 6.04 Å². The first-order chi connectivity index (χ1) is 12.2. The van der Waals surface area contributed by atoms with Crippen molar-refractivity contribution in [2.45, 2.75) is 31.0 Å². The maximum absolute atomic E-state index is 12.2. The fourth-order valence-corrected chi connectivity index (χ4v) is 3.33. The summed E-state index contributed by atoms with van der Waals surface area (Å²) in [7, 11) is 1.78. The van der Waals surface area contributed by atoms with Crippen molar-refractivity contribution in [3.63, 3.8) is 0 Å². The van der Waals surface area contributed by atoms with Crippen molar-refractivity contribution in [1.29, 1.82) is 0 Å². The number of rotatable bonds is 7. The van der Waals surface area contributed by atoms with E-state index >= 15 is 0 Å². The Morgan fingerprint density at radius 1 is 1.36 bits per heavy atom. The van der Waals surface area contributed by atoms with Crippen LogP contribution in [0.5, 0.6) is 11.5 Å². The fraction of sp³-hybridized carbons (Fsp3) is 0.500. The minimum Gasteiger partial charge on any atom is -0.486 e. The fourth-order valence-electron chi connectivity index (χ4n) is 2.54. The van der Waals surface area contributed by atoms with Crippen LogP contribution in [0.2, 0.25) is 0 Å². The van der Waals surface area contributed by atoms with Crippen LogP contribution in [0.4, 0.5) is 0 Å². The molecule has 0 fully saturated rings. The van der Waals surface area contributed by atoms with Gasteiger partial charge in [-0.15, -0.1) is 5.10 Å². The van der Waals surface area contributed by atoms with Gasteiger partial charge in [0.2, 0.25) is 11.1 Å². The molecule has 1 aromatic heterocycles. The number of thioether (sulfide) groups is 1. The summed E-state index contributed by atoms with van der Waals surface area (Å²) in [6.45, 7) is 3.16. The molecule has 1 aliphatic rings. The summed E-state index contributed by atoms with van der Waals surface area (Å²) in [5.74, 6) is 2.12. The maximum atomic E-state index is 12.2. The van der Waals surface area contributed by atoms with Crippen molar-refractivity contribution in [3.05, 3.63) is 23.8 Å². The number of hydrogen-bond acceptors (Lipinski definition) is 7. The Bertz CT molecular complexity index is 736. The smallest absolute Gasteiger partial charge is 0.221 e. The first-order valence-electron chi connectivity index (χ1n) is 8.21. The number of aromatic nitrogens is 4. The van der Waals surface area contributed by atoms with Gasteiger partial charge < -0.3 is 14.8 Å². The molecule has 0 saturated carbocycles. The second-order valence-electron chi connectivity index (χ2n) is 5.61. The third-order valence-corrected chi connectivity index (χ3v) is 4.87. The highest BCUT2D eigenvalue weighted by Gasteiger charge is 2.17. The van der Waals surface area contributed by atoms with Gasteiger partial charge in [-0.2, -0.15) is 0 Å². The summed E-state index contributed by atoms with van der Waals surface area (Å²) >= 11 is 1.46. The quantitative estimate of drug-likeness (QED) is 0.749. The monoisotopic (exact) mass is 363 g/mol. The average molecular weight is 363 g/mol. The Morgan fingerprint density at radius 3 is 2.88 bits per heavy atom. The molecule has 0 aliphatic carbocycles. The number of nitrogens with one attached hydrogen (secondary N) is 1. The summed E-state index contributed by atoms with van der Waals surface area (Å²) in [6.07, 6.45) is 1.20. The Labute approximate surface area is 150 Å². The molecule has 1 aromatic carbocycles.